The predicted octanol–water partition coefficient (Wildman–Crippen LogP) is 0.141. The van der Waals surface area contributed by atoms with Crippen LogP contribution in [-0.4, -0.2) is 63.4 Å². The fourth-order valence-corrected chi connectivity index (χ4v) is 4.01. The number of nitrogens with one attached hydrogen (secondary N) is 1. The molecule has 3 atom stereocenters. The molecular weight excluding hydrogens is 372 g/mol. The van der Waals surface area contributed by atoms with Crippen molar-refractivity contribution in [1.29, 1.82) is 0 Å². The number of amides is 2. The summed E-state index contributed by atoms with van der Waals surface area (Å²) in [6.07, 6.45) is 0. The van der Waals surface area contributed by atoms with Gasteiger partial charge < -0.3 is 20.1 Å². The van der Waals surface area contributed by atoms with Gasteiger partial charge in [0.1, 0.15) is 17.2 Å². The number of Topliss-reactive ketones (excluding diaryl/α,β-unsaturated/α-hetero) is 1. The fraction of sp³-hybridized carbons (Fsp3) is 0.333. The quantitative estimate of drug-likeness (QED) is 0.548. The molecule has 25 heavy (non-hydrogen) atoms. The first kappa shape index (κ1) is 17.6. The molecule has 0 aromatic heterocycles. The van der Waals surface area contributed by atoms with Crippen LogP contribution in [0.1, 0.15) is 0 Å². The number of carbonyl (C=O) groups is 4. The number of thioether (sulfide) groups is 1. The van der Waals surface area contributed by atoms with E-state index < -0.39 is 41.0 Å². The van der Waals surface area contributed by atoms with E-state index in [9.17, 15) is 19.2 Å². The van der Waals surface area contributed by atoms with Crippen LogP contribution in [0.5, 0.6) is 5.75 Å². The predicted molar refractivity (Wildman–Crippen MR) is 88.4 cm³/mol. The molecule has 0 radical (unpaired) electrons. The van der Waals surface area contributed by atoms with Crippen molar-refractivity contribution >= 4 is 46.9 Å². The molecule has 0 spiro atoms. The maximum atomic E-state index is 12.1. The highest BCUT2D eigenvalue weighted by molar-refractivity contribution is 8.00. The Balaban J connectivity index is 1.56. The first-order valence-electron chi connectivity index (χ1n) is 7.25. The molecule has 2 heterocycles. The zero-order valence-corrected chi connectivity index (χ0v) is 14.2. The van der Waals surface area contributed by atoms with E-state index in [1.165, 1.54) is 0 Å². The average molecular weight is 385 g/mol. The minimum atomic E-state index is -1.47. The highest BCUT2D eigenvalue weighted by Gasteiger charge is 2.57. The molecule has 8 nitrogen and oxygen atoms in total. The first-order chi connectivity index (χ1) is 11.9. The molecule has 0 aliphatic carbocycles. The van der Waals surface area contributed by atoms with Gasteiger partial charge in [-0.15, -0.1) is 11.8 Å². The summed E-state index contributed by atoms with van der Waals surface area (Å²) in [5, 5.41) is 11.6. The first-order valence-corrected chi connectivity index (χ1v) is 8.68. The number of hydrogen-bond donors (Lipinski definition) is 2. The van der Waals surface area contributed by atoms with Crippen molar-refractivity contribution in [3.8, 4) is 5.75 Å². The third-order valence-electron chi connectivity index (χ3n) is 3.79. The zero-order valence-electron chi connectivity index (χ0n) is 12.7. The smallest absolute Gasteiger partial charge is 0.334 e. The van der Waals surface area contributed by atoms with Gasteiger partial charge >= 0.3 is 5.97 Å². The average Bonchev–Trinajstić information content (AvgIpc) is 2.58. The molecule has 2 aliphatic rings. The lowest BCUT2D eigenvalue weighted by molar-refractivity contribution is -0.165. The minimum Gasteiger partial charge on any atom is -0.484 e. The molecule has 0 bridgehead atoms. The van der Waals surface area contributed by atoms with Crippen LogP contribution in [0.25, 0.3) is 0 Å². The molecule has 2 amide bonds. The fourth-order valence-electron chi connectivity index (χ4n) is 2.62. The number of ether oxygens (including phenoxy) is 1. The SMILES string of the molecule is O=C(COc1ccc(Cl)cc1)NC1C(=O)N2C(C(=O)O)C(=O)CS[C@@H]12. The van der Waals surface area contributed by atoms with Crippen molar-refractivity contribution in [3.63, 3.8) is 0 Å². The Bertz CT molecular complexity index is 740. The molecule has 2 fully saturated rings. The van der Waals surface area contributed by atoms with Gasteiger partial charge in [-0.05, 0) is 24.3 Å². The van der Waals surface area contributed by atoms with Gasteiger partial charge in [0.15, 0.2) is 18.4 Å². The number of carboxylic acids is 1. The van der Waals surface area contributed by atoms with Crippen LogP contribution in [-0.2, 0) is 19.2 Å². The van der Waals surface area contributed by atoms with E-state index in [0.717, 1.165) is 16.7 Å². The number of fused-ring (bicyclic) bond motifs is 1. The van der Waals surface area contributed by atoms with Gasteiger partial charge in [0.2, 0.25) is 5.91 Å². The van der Waals surface area contributed by atoms with Gasteiger partial charge in [-0.1, -0.05) is 11.6 Å². The summed E-state index contributed by atoms with van der Waals surface area (Å²) < 4.78 is 5.29. The lowest BCUT2D eigenvalue weighted by Crippen LogP contribution is -2.76. The van der Waals surface area contributed by atoms with E-state index >= 15 is 0 Å². The van der Waals surface area contributed by atoms with Crippen LogP contribution >= 0.6 is 23.4 Å². The van der Waals surface area contributed by atoms with Crippen LogP contribution in [0.2, 0.25) is 5.02 Å². The number of halogens is 1. The summed E-state index contributed by atoms with van der Waals surface area (Å²) >= 11 is 6.88. The minimum absolute atomic E-state index is 0.0148. The number of carboxylic acid groups (broad SMARTS) is 1. The molecule has 2 saturated heterocycles. The maximum absolute atomic E-state index is 12.1. The molecule has 2 N–H and O–H groups in total. The van der Waals surface area contributed by atoms with Crippen molar-refractivity contribution in [2.24, 2.45) is 0 Å². The van der Waals surface area contributed by atoms with Gasteiger partial charge in [0.25, 0.3) is 5.91 Å². The lowest BCUT2D eigenvalue weighted by Gasteiger charge is -2.51. The van der Waals surface area contributed by atoms with Gasteiger partial charge in [-0.3, -0.25) is 14.4 Å². The molecule has 132 valence electrons. The summed E-state index contributed by atoms with van der Waals surface area (Å²) in [6, 6.07) is 4.10. The van der Waals surface area contributed by atoms with E-state index in [1.54, 1.807) is 24.3 Å². The third-order valence-corrected chi connectivity index (χ3v) is 5.34. The standard InChI is InChI=1S/C15H13ClN2O6S/c16-7-1-3-8(4-2-7)24-5-10(20)17-11-13(21)18-12(15(22)23)9(19)6-25-14(11)18/h1-4,11-12,14H,5-6H2,(H,17,20)(H,22,23)/t11?,12?,14-/m0/s1. The van der Waals surface area contributed by atoms with Crippen LogP contribution < -0.4 is 10.1 Å². The number of hydrogen-bond acceptors (Lipinski definition) is 6. The number of rotatable bonds is 5. The summed E-state index contributed by atoms with van der Waals surface area (Å²) in [4.78, 5) is 47.9. The Kier molecular flexibility index (Phi) is 4.87. The second kappa shape index (κ2) is 6.93. The lowest BCUT2D eigenvalue weighted by atomic mass is 10.0. The molecular formula is C15H13ClN2O6S. The molecule has 2 unspecified atom stereocenters. The second-order valence-corrected chi connectivity index (χ2v) is 6.98. The van der Waals surface area contributed by atoms with Crippen molar-refractivity contribution in [1.82, 2.24) is 10.2 Å². The highest BCUT2D eigenvalue weighted by atomic mass is 35.5. The summed E-state index contributed by atoms with van der Waals surface area (Å²) in [5.74, 6) is -2.56. The number of carbonyl (C=O) groups excluding carboxylic acids is 3. The van der Waals surface area contributed by atoms with E-state index in [4.69, 9.17) is 21.4 Å². The van der Waals surface area contributed by atoms with Gasteiger partial charge in [0.05, 0.1) is 5.75 Å². The molecule has 3 rings (SSSR count). The Morgan fingerprint density at radius 3 is 2.64 bits per heavy atom. The Labute approximate surface area is 151 Å². The van der Waals surface area contributed by atoms with Crippen molar-refractivity contribution < 1.29 is 29.0 Å². The Hall–Kier alpha value is -2.26. The number of ketones is 1. The Morgan fingerprint density at radius 2 is 2.00 bits per heavy atom. The Morgan fingerprint density at radius 1 is 1.32 bits per heavy atom. The number of aliphatic carboxylic acids is 1. The molecule has 1 aromatic carbocycles. The summed E-state index contributed by atoms with van der Waals surface area (Å²) in [7, 11) is 0. The van der Waals surface area contributed by atoms with E-state index in [0.29, 0.717) is 10.8 Å². The van der Waals surface area contributed by atoms with E-state index in [1.807, 2.05) is 0 Å². The monoisotopic (exact) mass is 384 g/mol. The molecule has 2 aliphatic heterocycles. The summed E-state index contributed by atoms with van der Waals surface area (Å²) in [5.41, 5.74) is 0. The van der Waals surface area contributed by atoms with Crippen LogP contribution in [0.15, 0.2) is 24.3 Å². The molecule has 0 saturated carbocycles. The van der Waals surface area contributed by atoms with Crippen LogP contribution in [0, 0.1) is 0 Å². The van der Waals surface area contributed by atoms with E-state index in [2.05, 4.69) is 5.32 Å². The van der Waals surface area contributed by atoms with Crippen molar-refractivity contribution in [3.05, 3.63) is 29.3 Å². The van der Waals surface area contributed by atoms with Crippen molar-refractivity contribution in [2.75, 3.05) is 12.4 Å². The van der Waals surface area contributed by atoms with Crippen molar-refractivity contribution in [2.45, 2.75) is 17.5 Å². The second-order valence-electron chi connectivity index (χ2n) is 5.44. The highest BCUT2D eigenvalue weighted by Crippen LogP contribution is 2.36. The number of β-lactam (4-membered cyclic amide) rings is 1. The summed E-state index contributed by atoms with van der Waals surface area (Å²) in [6.45, 7) is -0.301. The van der Waals surface area contributed by atoms with Gasteiger partial charge in [-0.25, -0.2) is 4.79 Å². The van der Waals surface area contributed by atoms with Crippen LogP contribution in [0.3, 0.4) is 0 Å². The zero-order chi connectivity index (χ0) is 18.1. The number of nitrogens with zero attached hydrogens (tertiary/aromatic N) is 1. The topological polar surface area (TPSA) is 113 Å². The third kappa shape index (κ3) is 3.42. The van der Waals surface area contributed by atoms with E-state index in [-0.39, 0.29) is 12.4 Å². The molecule has 10 heteroatoms. The normalized spacial score (nSPS) is 25.0. The maximum Gasteiger partial charge on any atom is 0.334 e. The van der Waals surface area contributed by atoms with Gasteiger partial charge in [-0.2, -0.15) is 0 Å². The molecule has 1 aromatic rings. The largest absolute Gasteiger partial charge is 0.484 e. The van der Waals surface area contributed by atoms with Gasteiger partial charge in [0, 0.05) is 5.02 Å². The number of benzene rings is 1. The van der Waals surface area contributed by atoms with Crippen LogP contribution in [0.4, 0.5) is 0 Å².